The van der Waals surface area contributed by atoms with Crippen molar-refractivity contribution in [3.63, 3.8) is 0 Å². The number of thiophene rings is 1. The molecule has 1 aliphatic heterocycles. The highest BCUT2D eigenvalue weighted by atomic mass is 32.2. The van der Waals surface area contributed by atoms with Gasteiger partial charge in [-0.15, -0.1) is 11.3 Å². The molecule has 0 unspecified atom stereocenters. The summed E-state index contributed by atoms with van der Waals surface area (Å²) in [4.78, 5) is 8.53. The van der Waals surface area contributed by atoms with E-state index in [2.05, 4.69) is 88.3 Å². The molecule has 0 fully saturated rings. The lowest BCUT2D eigenvalue weighted by Gasteiger charge is -2.32. The Morgan fingerprint density at radius 1 is 1.03 bits per heavy atom. The van der Waals surface area contributed by atoms with E-state index in [1.54, 1.807) is 23.1 Å². The summed E-state index contributed by atoms with van der Waals surface area (Å²) in [6.45, 7) is 5.45. The Hall–Kier alpha value is -2.76. The minimum Gasteiger partial charge on any atom is -0.345 e. The van der Waals surface area contributed by atoms with Crippen molar-refractivity contribution in [2.45, 2.75) is 18.0 Å². The van der Waals surface area contributed by atoms with E-state index in [1.165, 1.54) is 22.5 Å². The molecule has 1 aliphatic rings. The monoisotopic (exact) mass is 429 g/mol. The first-order chi connectivity index (χ1) is 14.8. The molecule has 4 aromatic rings. The molecule has 0 atom stereocenters. The van der Waals surface area contributed by atoms with Crippen molar-refractivity contribution in [2.75, 3.05) is 17.2 Å². The van der Waals surface area contributed by atoms with E-state index < -0.39 is 0 Å². The number of hydrogen-bond donors (Lipinski definition) is 0. The van der Waals surface area contributed by atoms with Gasteiger partial charge in [-0.3, -0.25) is 4.57 Å². The minimum atomic E-state index is 0.808. The highest BCUT2D eigenvalue weighted by Crippen LogP contribution is 2.33. The molecule has 0 bridgehead atoms. The fraction of sp³-hybridized carbons (Fsp3) is 0.160. The predicted octanol–water partition coefficient (Wildman–Crippen LogP) is 6.66. The van der Waals surface area contributed by atoms with Crippen molar-refractivity contribution in [1.29, 1.82) is 0 Å². The third-order valence-electron chi connectivity index (χ3n) is 5.34. The van der Waals surface area contributed by atoms with Crippen LogP contribution in [0.5, 0.6) is 0 Å². The zero-order chi connectivity index (χ0) is 20.3. The summed E-state index contributed by atoms with van der Waals surface area (Å²) in [5, 5.41) is 3.09. The fourth-order valence-corrected chi connectivity index (χ4v) is 5.46. The van der Waals surface area contributed by atoms with Crippen molar-refractivity contribution in [1.82, 2.24) is 9.55 Å². The standard InChI is InChI=1S/C25H23N3S2/c1-19(27-15-7-10-20-9-5-6-13-23(20)27)18-30-25-26-22(24-14-8-16-29-24)17-28(25)21-11-3-2-4-12-21/h2-6,8-9,11-14,16-17H,1,7,10,15,18H2. The smallest absolute Gasteiger partial charge is 0.173 e. The van der Waals surface area contributed by atoms with E-state index in [1.807, 2.05) is 6.07 Å². The molecule has 0 saturated heterocycles. The number of aryl methyl sites for hydroxylation is 1. The number of anilines is 1. The van der Waals surface area contributed by atoms with Gasteiger partial charge in [-0.1, -0.05) is 60.8 Å². The molecule has 2 aromatic heterocycles. The Morgan fingerprint density at radius 2 is 1.87 bits per heavy atom. The molecule has 5 rings (SSSR count). The van der Waals surface area contributed by atoms with Gasteiger partial charge in [0.05, 0.1) is 10.6 Å². The first kappa shape index (κ1) is 19.2. The van der Waals surface area contributed by atoms with Crippen LogP contribution in [0.2, 0.25) is 0 Å². The summed E-state index contributed by atoms with van der Waals surface area (Å²) in [7, 11) is 0. The van der Waals surface area contributed by atoms with Crippen LogP contribution in [0.3, 0.4) is 0 Å². The van der Waals surface area contributed by atoms with Crippen LogP contribution in [-0.4, -0.2) is 21.8 Å². The molecule has 0 amide bonds. The second-order valence-corrected chi connectivity index (χ2v) is 9.22. The molecule has 0 spiro atoms. The lowest BCUT2D eigenvalue weighted by atomic mass is 10.0. The van der Waals surface area contributed by atoms with Gasteiger partial charge in [-0.05, 0) is 48.1 Å². The molecular formula is C25H23N3S2. The van der Waals surface area contributed by atoms with E-state index in [9.17, 15) is 0 Å². The summed E-state index contributed by atoms with van der Waals surface area (Å²) in [5.74, 6) is 0.808. The van der Waals surface area contributed by atoms with Crippen LogP contribution < -0.4 is 4.90 Å². The largest absolute Gasteiger partial charge is 0.345 e. The molecule has 0 aliphatic carbocycles. The number of thioether (sulfide) groups is 1. The lowest BCUT2D eigenvalue weighted by molar-refractivity contribution is 0.746. The molecule has 0 saturated carbocycles. The minimum absolute atomic E-state index is 0.808. The van der Waals surface area contributed by atoms with Crippen LogP contribution in [0.25, 0.3) is 16.3 Å². The number of fused-ring (bicyclic) bond motifs is 1. The number of aromatic nitrogens is 2. The van der Waals surface area contributed by atoms with Crippen LogP contribution in [-0.2, 0) is 6.42 Å². The molecule has 3 nitrogen and oxygen atoms in total. The molecule has 3 heterocycles. The van der Waals surface area contributed by atoms with Gasteiger partial charge in [0.2, 0.25) is 0 Å². The van der Waals surface area contributed by atoms with Crippen LogP contribution in [0.15, 0.2) is 95.7 Å². The SMILES string of the molecule is C=C(CSc1nc(-c2cccs2)cn1-c1ccccc1)N1CCCc2ccccc21. The first-order valence-corrected chi connectivity index (χ1v) is 12.0. The number of benzene rings is 2. The number of rotatable bonds is 6. The second kappa shape index (κ2) is 8.54. The van der Waals surface area contributed by atoms with Crippen molar-refractivity contribution in [3.05, 3.63) is 96.1 Å². The Morgan fingerprint density at radius 3 is 2.70 bits per heavy atom. The maximum Gasteiger partial charge on any atom is 0.173 e. The quantitative estimate of drug-likeness (QED) is 0.320. The van der Waals surface area contributed by atoms with Crippen LogP contribution in [0.1, 0.15) is 12.0 Å². The average molecular weight is 430 g/mol. The third kappa shape index (κ3) is 3.83. The predicted molar refractivity (Wildman–Crippen MR) is 129 cm³/mol. The summed E-state index contributed by atoms with van der Waals surface area (Å²) in [6.07, 6.45) is 4.46. The molecule has 0 radical (unpaired) electrons. The highest BCUT2D eigenvalue weighted by Gasteiger charge is 2.20. The van der Waals surface area contributed by atoms with Crippen molar-refractivity contribution < 1.29 is 0 Å². The molecule has 0 N–H and O–H groups in total. The van der Waals surface area contributed by atoms with Gasteiger partial charge in [-0.25, -0.2) is 4.98 Å². The Kier molecular flexibility index (Phi) is 5.47. The summed E-state index contributed by atoms with van der Waals surface area (Å²) >= 11 is 3.47. The number of para-hydroxylation sites is 2. The molecule has 30 heavy (non-hydrogen) atoms. The summed E-state index contributed by atoms with van der Waals surface area (Å²) in [5.41, 5.74) is 6.00. The van der Waals surface area contributed by atoms with E-state index >= 15 is 0 Å². The maximum atomic E-state index is 4.97. The van der Waals surface area contributed by atoms with Gasteiger partial charge in [0.15, 0.2) is 5.16 Å². The van der Waals surface area contributed by atoms with Gasteiger partial charge in [-0.2, -0.15) is 0 Å². The van der Waals surface area contributed by atoms with E-state index in [4.69, 9.17) is 4.98 Å². The topological polar surface area (TPSA) is 21.1 Å². The number of nitrogens with zero attached hydrogens (tertiary/aromatic N) is 3. The Balaban J connectivity index is 1.40. The van der Waals surface area contributed by atoms with Gasteiger partial charge in [0.1, 0.15) is 0 Å². The second-order valence-electron chi connectivity index (χ2n) is 7.33. The highest BCUT2D eigenvalue weighted by molar-refractivity contribution is 7.99. The first-order valence-electron chi connectivity index (χ1n) is 10.1. The lowest BCUT2D eigenvalue weighted by Crippen LogP contribution is -2.29. The number of hydrogen-bond acceptors (Lipinski definition) is 4. The van der Waals surface area contributed by atoms with E-state index in [0.717, 1.165) is 41.0 Å². The van der Waals surface area contributed by atoms with Gasteiger partial charge in [0, 0.05) is 35.6 Å². The van der Waals surface area contributed by atoms with Crippen LogP contribution in [0, 0.1) is 0 Å². The number of imidazole rings is 1. The third-order valence-corrected chi connectivity index (χ3v) is 7.26. The molecule has 2 aromatic carbocycles. The van der Waals surface area contributed by atoms with Crippen LogP contribution in [0.4, 0.5) is 5.69 Å². The van der Waals surface area contributed by atoms with Crippen molar-refractivity contribution in [2.24, 2.45) is 0 Å². The van der Waals surface area contributed by atoms with E-state index in [-0.39, 0.29) is 0 Å². The van der Waals surface area contributed by atoms with Gasteiger partial charge >= 0.3 is 0 Å². The Bertz CT molecular complexity index is 1150. The van der Waals surface area contributed by atoms with Gasteiger partial charge in [0.25, 0.3) is 0 Å². The molecular weight excluding hydrogens is 406 g/mol. The summed E-state index contributed by atoms with van der Waals surface area (Å²) < 4.78 is 2.19. The fourth-order valence-electron chi connectivity index (χ4n) is 3.87. The normalized spacial score (nSPS) is 13.3. The van der Waals surface area contributed by atoms with Gasteiger partial charge < -0.3 is 4.90 Å². The Labute approximate surface area is 185 Å². The molecule has 5 heteroatoms. The zero-order valence-electron chi connectivity index (χ0n) is 16.7. The molecule has 150 valence electrons. The van der Waals surface area contributed by atoms with Crippen molar-refractivity contribution >= 4 is 28.8 Å². The average Bonchev–Trinajstić information content (AvgIpc) is 3.48. The van der Waals surface area contributed by atoms with Crippen LogP contribution >= 0.6 is 23.1 Å². The maximum absolute atomic E-state index is 4.97. The summed E-state index contributed by atoms with van der Waals surface area (Å²) in [6, 6.07) is 23.3. The zero-order valence-corrected chi connectivity index (χ0v) is 18.3. The van der Waals surface area contributed by atoms with Crippen molar-refractivity contribution in [3.8, 4) is 16.3 Å². The van der Waals surface area contributed by atoms with E-state index in [0.29, 0.717) is 0 Å².